The normalized spacial score (nSPS) is 16.1. The Labute approximate surface area is 230 Å². The van der Waals surface area contributed by atoms with Crippen molar-refractivity contribution < 1.29 is 14.6 Å². The Bertz CT molecular complexity index is 1670. The minimum Gasteiger partial charge on any atom is -0.391 e. The van der Waals surface area contributed by atoms with Crippen molar-refractivity contribution in [2.45, 2.75) is 38.5 Å². The Kier molecular flexibility index (Phi) is 6.60. The third-order valence-electron chi connectivity index (χ3n) is 7.22. The van der Waals surface area contributed by atoms with Crippen LogP contribution in [-0.4, -0.2) is 63.8 Å². The van der Waals surface area contributed by atoms with Crippen molar-refractivity contribution in [3.8, 4) is 11.1 Å². The number of nitrogens with zero attached hydrogens (tertiary/aromatic N) is 8. The van der Waals surface area contributed by atoms with Crippen molar-refractivity contribution >= 4 is 16.9 Å². The lowest BCUT2D eigenvalue weighted by molar-refractivity contribution is 0.101. The maximum absolute atomic E-state index is 13.3. The summed E-state index contributed by atoms with van der Waals surface area (Å²) in [4.78, 5) is 15.8. The van der Waals surface area contributed by atoms with E-state index in [4.69, 9.17) is 0 Å². The first kappa shape index (κ1) is 25.8. The summed E-state index contributed by atoms with van der Waals surface area (Å²) in [5.74, 6) is 1.09. The predicted octanol–water partition coefficient (Wildman–Crippen LogP) is 3.45. The average molecular weight is 541 g/mol. The van der Waals surface area contributed by atoms with Crippen molar-refractivity contribution in [2.75, 3.05) is 18.0 Å². The molecule has 0 spiro atoms. The molecule has 0 saturated heterocycles. The molecule has 0 unspecified atom stereocenters. The lowest BCUT2D eigenvalue weighted by atomic mass is 9.90. The van der Waals surface area contributed by atoms with Gasteiger partial charge in [-0.2, -0.15) is 10.2 Å². The Morgan fingerprint density at radius 1 is 1.00 bits per heavy atom. The molecule has 204 valence electrons. The van der Waals surface area contributed by atoms with Crippen LogP contribution in [0, 0.1) is 5.82 Å². The first-order valence-corrected chi connectivity index (χ1v) is 13.1. The zero-order valence-electron chi connectivity index (χ0n) is 22.2. The topological polar surface area (TPSA) is 117 Å². The zero-order valence-corrected chi connectivity index (χ0v) is 22.2. The molecule has 0 bridgehead atoms. The Balaban J connectivity index is 1.19. The van der Waals surface area contributed by atoms with Crippen LogP contribution in [0.3, 0.4) is 0 Å². The van der Waals surface area contributed by atoms with Crippen LogP contribution < -0.4 is 4.90 Å². The fourth-order valence-corrected chi connectivity index (χ4v) is 4.95. The number of aliphatic hydroxyl groups excluding tert-OH is 1. The van der Waals surface area contributed by atoms with Gasteiger partial charge < -0.3 is 15.1 Å². The Hall–Kier alpha value is -4.48. The number of aliphatic hydroxyl groups is 2. The molecule has 2 N–H and O–H groups in total. The van der Waals surface area contributed by atoms with E-state index in [-0.39, 0.29) is 5.82 Å². The summed E-state index contributed by atoms with van der Waals surface area (Å²) in [5.41, 5.74) is 3.58. The van der Waals surface area contributed by atoms with Crippen LogP contribution in [-0.2, 0) is 12.1 Å². The largest absolute Gasteiger partial charge is 0.391 e. The quantitative estimate of drug-likeness (QED) is 0.322. The number of rotatable bonds is 7. The van der Waals surface area contributed by atoms with Crippen LogP contribution >= 0.6 is 0 Å². The molecule has 0 fully saturated rings. The highest BCUT2D eigenvalue weighted by Gasteiger charge is 2.27. The molecule has 5 heterocycles. The predicted molar refractivity (Wildman–Crippen MR) is 148 cm³/mol. The number of benzene rings is 1. The van der Waals surface area contributed by atoms with E-state index in [1.54, 1.807) is 55.6 Å². The van der Waals surface area contributed by atoms with Crippen molar-refractivity contribution in [3.05, 3.63) is 96.5 Å². The van der Waals surface area contributed by atoms with E-state index in [0.29, 0.717) is 30.0 Å². The van der Waals surface area contributed by atoms with Crippen LogP contribution in [0.15, 0.2) is 73.7 Å². The maximum atomic E-state index is 13.3. The zero-order chi connectivity index (χ0) is 27.9. The van der Waals surface area contributed by atoms with Crippen LogP contribution in [0.25, 0.3) is 22.2 Å². The molecule has 0 saturated carbocycles. The molecular formula is C29H29FN8O2. The van der Waals surface area contributed by atoms with Gasteiger partial charge in [0, 0.05) is 54.6 Å². The van der Waals surface area contributed by atoms with Gasteiger partial charge in [-0.25, -0.2) is 23.9 Å². The number of aromatic nitrogens is 7. The Morgan fingerprint density at radius 3 is 2.48 bits per heavy atom. The van der Waals surface area contributed by atoms with E-state index in [1.807, 2.05) is 23.0 Å². The van der Waals surface area contributed by atoms with Crippen molar-refractivity contribution in [3.63, 3.8) is 0 Å². The standard InChI is InChI=1S/C29H29FN8O2/c1-19(39)15-37-16-22(12-34-37)21-11-26-28(33-18-35-38(26)17-21)36-9-7-20(8-10-36)27-31-13-24(14-32-27)29(2,40)23-3-5-25(30)6-4-23/h3-7,11-14,16-19,39-40H,8-10,15H2,1-2H3/t19-,29+/m1/s1. The second-order valence-corrected chi connectivity index (χ2v) is 10.2. The van der Waals surface area contributed by atoms with Gasteiger partial charge in [-0.1, -0.05) is 18.2 Å². The molecule has 0 aliphatic carbocycles. The van der Waals surface area contributed by atoms with Gasteiger partial charge in [0.2, 0.25) is 0 Å². The molecule has 0 amide bonds. The van der Waals surface area contributed by atoms with Crippen molar-refractivity contribution in [2.24, 2.45) is 0 Å². The SMILES string of the molecule is C[C@@H](O)Cn1cc(-c2cc3c(N4CC=C(c5ncc([C@@](C)(O)c6ccc(F)cc6)cn5)CC4)ncnn3c2)cn1. The van der Waals surface area contributed by atoms with E-state index in [1.165, 1.54) is 12.1 Å². The maximum Gasteiger partial charge on any atom is 0.156 e. The molecule has 1 aromatic carbocycles. The second kappa shape index (κ2) is 10.2. The number of hydrogen-bond acceptors (Lipinski definition) is 8. The molecule has 1 aliphatic rings. The van der Waals surface area contributed by atoms with Gasteiger partial charge in [0.05, 0.1) is 18.8 Å². The third-order valence-corrected chi connectivity index (χ3v) is 7.22. The minimum atomic E-state index is -1.34. The average Bonchev–Trinajstić information content (AvgIpc) is 3.60. The van der Waals surface area contributed by atoms with Gasteiger partial charge in [-0.3, -0.25) is 4.68 Å². The summed E-state index contributed by atoms with van der Waals surface area (Å²) in [6.45, 7) is 5.17. The molecule has 5 aromatic rings. The monoisotopic (exact) mass is 540 g/mol. The van der Waals surface area contributed by atoms with Gasteiger partial charge >= 0.3 is 0 Å². The highest BCUT2D eigenvalue weighted by molar-refractivity contribution is 5.78. The smallest absolute Gasteiger partial charge is 0.156 e. The van der Waals surface area contributed by atoms with Gasteiger partial charge in [0.1, 0.15) is 23.3 Å². The number of anilines is 1. The molecule has 2 atom stereocenters. The summed E-state index contributed by atoms with van der Waals surface area (Å²) in [6.07, 6.45) is 12.8. The summed E-state index contributed by atoms with van der Waals surface area (Å²) >= 11 is 0. The molecule has 0 radical (unpaired) electrons. The lowest BCUT2D eigenvalue weighted by Crippen LogP contribution is -2.30. The summed E-state index contributed by atoms with van der Waals surface area (Å²) < 4.78 is 16.9. The molecule has 40 heavy (non-hydrogen) atoms. The van der Waals surface area contributed by atoms with Gasteiger partial charge in [-0.15, -0.1) is 0 Å². The summed E-state index contributed by atoms with van der Waals surface area (Å²) in [5, 5.41) is 29.4. The van der Waals surface area contributed by atoms with E-state index in [2.05, 4.69) is 36.1 Å². The first-order chi connectivity index (χ1) is 19.3. The second-order valence-electron chi connectivity index (χ2n) is 10.2. The van der Waals surface area contributed by atoms with E-state index in [9.17, 15) is 14.6 Å². The van der Waals surface area contributed by atoms with Gasteiger partial charge in [-0.05, 0) is 49.6 Å². The van der Waals surface area contributed by atoms with Gasteiger partial charge in [0.15, 0.2) is 11.6 Å². The molecule has 4 aromatic heterocycles. The van der Waals surface area contributed by atoms with Crippen LogP contribution in [0.2, 0.25) is 0 Å². The highest BCUT2D eigenvalue weighted by Crippen LogP contribution is 2.31. The number of hydrogen-bond donors (Lipinski definition) is 2. The summed E-state index contributed by atoms with van der Waals surface area (Å²) in [7, 11) is 0. The first-order valence-electron chi connectivity index (χ1n) is 13.1. The Morgan fingerprint density at radius 2 is 1.77 bits per heavy atom. The highest BCUT2D eigenvalue weighted by atomic mass is 19.1. The molecule has 1 aliphatic heterocycles. The molecule has 6 rings (SSSR count). The molecular weight excluding hydrogens is 511 g/mol. The fraction of sp³-hybridized carbons (Fsp3) is 0.276. The van der Waals surface area contributed by atoms with E-state index >= 15 is 0 Å². The molecule has 11 heteroatoms. The third kappa shape index (κ3) is 4.96. The fourth-order valence-electron chi connectivity index (χ4n) is 4.95. The van der Waals surface area contributed by atoms with Gasteiger partial charge in [0.25, 0.3) is 0 Å². The number of halogens is 1. The van der Waals surface area contributed by atoms with Crippen LogP contribution in [0.1, 0.15) is 37.2 Å². The lowest BCUT2D eigenvalue weighted by Gasteiger charge is -2.27. The van der Waals surface area contributed by atoms with E-state index < -0.39 is 11.7 Å². The number of fused-ring (bicyclic) bond motifs is 1. The van der Waals surface area contributed by atoms with Crippen molar-refractivity contribution in [1.82, 2.24) is 34.3 Å². The molecule has 10 nitrogen and oxygen atoms in total. The van der Waals surface area contributed by atoms with Crippen molar-refractivity contribution in [1.29, 1.82) is 0 Å². The minimum absolute atomic E-state index is 0.356. The van der Waals surface area contributed by atoms with Crippen LogP contribution in [0.5, 0.6) is 0 Å². The van der Waals surface area contributed by atoms with E-state index in [0.717, 1.165) is 41.0 Å². The van der Waals surface area contributed by atoms with Crippen LogP contribution in [0.4, 0.5) is 10.2 Å². The summed E-state index contributed by atoms with van der Waals surface area (Å²) in [6, 6.07) is 7.82.